The van der Waals surface area contributed by atoms with E-state index in [2.05, 4.69) is 15.3 Å². The first kappa shape index (κ1) is 25.8. The van der Waals surface area contributed by atoms with Crippen molar-refractivity contribution in [1.82, 2.24) is 9.97 Å². The maximum atomic E-state index is 14.7. The van der Waals surface area contributed by atoms with E-state index in [-0.39, 0.29) is 57.2 Å². The van der Waals surface area contributed by atoms with E-state index >= 15 is 0 Å². The number of H-pyrrole nitrogens is 1. The van der Waals surface area contributed by atoms with Gasteiger partial charge in [0.15, 0.2) is 5.75 Å². The maximum absolute atomic E-state index is 14.7. The molecule has 3 unspecified atom stereocenters. The number of nitrogens with zero attached hydrogens (tertiary/aromatic N) is 1. The third kappa shape index (κ3) is 3.37. The Bertz CT molecular complexity index is 1700. The predicted molar refractivity (Wildman–Crippen MR) is 146 cm³/mol. The number of hydrogen-bond donors (Lipinski definition) is 3. The summed E-state index contributed by atoms with van der Waals surface area (Å²) in [5, 5.41) is 3.20. The van der Waals surface area contributed by atoms with Crippen molar-refractivity contribution in [3.63, 3.8) is 0 Å². The fraction of sp³-hybridized carbons (Fsp3) is 0.286. The van der Waals surface area contributed by atoms with Crippen molar-refractivity contribution in [2.24, 2.45) is 5.92 Å². The summed E-state index contributed by atoms with van der Waals surface area (Å²) in [6.45, 7) is 1.75. The highest BCUT2D eigenvalue weighted by Gasteiger charge is 2.63. The number of fused-ring (bicyclic) bond motifs is 2. The smallest absolute Gasteiger partial charge is 0.258 e. The minimum Gasteiger partial charge on any atom is -0.497 e. The molecule has 0 fully saturated rings. The van der Waals surface area contributed by atoms with Crippen LogP contribution in [-0.4, -0.2) is 48.5 Å². The Morgan fingerprint density at radius 1 is 1.05 bits per heavy atom. The molecule has 4 N–H and O–H groups in total. The molecule has 6 rings (SSSR count). The number of nitrogens with two attached hydrogens (primary N) is 1. The average molecular weight is 565 g/mol. The summed E-state index contributed by atoms with van der Waals surface area (Å²) in [5.41, 5.74) is 5.01. The Morgan fingerprint density at radius 2 is 1.75 bits per heavy atom. The van der Waals surface area contributed by atoms with Gasteiger partial charge in [0.1, 0.15) is 33.7 Å². The van der Waals surface area contributed by atoms with Crippen molar-refractivity contribution in [3.8, 4) is 23.0 Å². The number of aromatic amines is 1. The number of rotatable bonds is 4. The molecule has 0 saturated heterocycles. The van der Waals surface area contributed by atoms with Crippen LogP contribution < -0.4 is 35.6 Å². The molecule has 1 spiro atoms. The molecule has 2 aromatic carbocycles. The van der Waals surface area contributed by atoms with Crippen molar-refractivity contribution in [3.05, 3.63) is 73.7 Å². The van der Waals surface area contributed by atoms with Gasteiger partial charge < -0.3 is 30.0 Å². The zero-order valence-electron chi connectivity index (χ0n) is 22.0. The van der Waals surface area contributed by atoms with Crippen LogP contribution in [0.3, 0.4) is 0 Å². The van der Waals surface area contributed by atoms with Crippen LogP contribution in [-0.2, 0) is 4.79 Å². The summed E-state index contributed by atoms with van der Waals surface area (Å²) in [4.78, 5) is 49.0. The minimum absolute atomic E-state index is 0.0181. The average Bonchev–Trinajstić information content (AvgIpc) is 3.25. The molecule has 0 saturated carbocycles. The van der Waals surface area contributed by atoms with Crippen LogP contribution in [0.15, 0.2) is 46.4 Å². The first-order chi connectivity index (χ1) is 19.2. The van der Waals surface area contributed by atoms with Crippen molar-refractivity contribution in [2.45, 2.75) is 24.9 Å². The number of benzene rings is 2. The van der Waals surface area contributed by atoms with Gasteiger partial charge in [0.05, 0.1) is 26.9 Å². The summed E-state index contributed by atoms with van der Waals surface area (Å²) in [7, 11) is 4.37. The van der Waals surface area contributed by atoms with E-state index in [0.717, 1.165) is 0 Å². The van der Waals surface area contributed by atoms with E-state index in [1.807, 2.05) is 0 Å². The number of nitrogen functional groups attached to an aromatic ring is 1. The number of anilines is 2. The second kappa shape index (κ2) is 9.02. The monoisotopic (exact) mass is 564 g/mol. The number of hydrogen-bond acceptors (Lipinski definition) is 10. The lowest BCUT2D eigenvalue weighted by Gasteiger charge is -2.42. The number of nitrogens with one attached hydrogen (secondary N) is 2. The first-order valence-corrected chi connectivity index (χ1v) is 12.8. The van der Waals surface area contributed by atoms with E-state index < -0.39 is 34.6 Å². The Labute approximate surface area is 233 Å². The van der Waals surface area contributed by atoms with E-state index in [1.54, 1.807) is 31.2 Å². The van der Waals surface area contributed by atoms with Gasteiger partial charge in [-0.25, -0.2) is 0 Å². The number of ketones is 2. The first-order valence-electron chi connectivity index (χ1n) is 12.4. The minimum atomic E-state index is -1.94. The van der Waals surface area contributed by atoms with Crippen LogP contribution in [0.4, 0.5) is 11.8 Å². The molecule has 3 aliphatic rings. The predicted octanol–water partition coefficient (Wildman–Crippen LogP) is 3.47. The molecule has 1 aliphatic carbocycles. The molecule has 3 heterocycles. The standard InChI is InChI=1S/C28H25ClN4O7/c1-11-9-14-18(23(34)28(11)24(35)19-15(38-3)10-16(39-4)21(29)22(19)40-28)17(12-5-7-13(37-2)8-6-12)20-25(31-14)32-27(30)33-26(20)36/h5-8,10-11,17H,9H2,1-4H3,(H4,30,31,32,33,36). The number of carbonyl (C=O) groups excluding carboxylic acids is 2. The van der Waals surface area contributed by atoms with Gasteiger partial charge in [-0.3, -0.25) is 19.4 Å². The molecular formula is C28H25ClN4O7. The number of allylic oxidation sites excluding steroid dienone is 1. The number of halogens is 1. The largest absolute Gasteiger partial charge is 0.497 e. The third-order valence-corrected chi connectivity index (χ3v) is 8.16. The van der Waals surface area contributed by atoms with Gasteiger partial charge >= 0.3 is 0 Å². The Kier molecular flexibility index (Phi) is 5.81. The van der Waals surface area contributed by atoms with E-state index in [4.69, 9.17) is 36.3 Å². The molecule has 0 bridgehead atoms. The molecule has 3 atom stereocenters. The lowest BCUT2D eigenvalue weighted by atomic mass is 9.66. The number of aromatic nitrogens is 2. The lowest BCUT2D eigenvalue weighted by molar-refractivity contribution is -0.130. The van der Waals surface area contributed by atoms with E-state index in [9.17, 15) is 14.4 Å². The van der Waals surface area contributed by atoms with Crippen LogP contribution >= 0.6 is 11.6 Å². The molecular weight excluding hydrogens is 540 g/mol. The van der Waals surface area contributed by atoms with Crippen LogP contribution in [0.5, 0.6) is 23.0 Å². The van der Waals surface area contributed by atoms with Gasteiger partial charge in [0, 0.05) is 29.2 Å². The van der Waals surface area contributed by atoms with Crippen molar-refractivity contribution < 1.29 is 28.5 Å². The molecule has 12 heteroatoms. The SMILES string of the molecule is COc1ccc(C2C3=C(CC(C)C4(Oc5c(Cl)c(OC)cc(OC)c5C4=O)C3=O)Nc3nc(N)[nH]c(=O)c32)cc1. The fourth-order valence-electron chi connectivity index (χ4n) is 5.90. The summed E-state index contributed by atoms with van der Waals surface area (Å²) >= 11 is 6.57. The number of Topliss-reactive ketones (excluding diaryl/α,β-unsaturated/α-hetero) is 2. The number of ether oxygens (including phenoxy) is 4. The van der Waals surface area contributed by atoms with Gasteiger partial charge in [-0.2, -0.15) is 4.98 Å². The normalized spacial score (nSPS) is 22.7. The summed E-state index contributed by atoms with van der Waals surface area (Å²) in [6.07, 6.45) is 0.234. The second-order valence-electron chi connectivity index (χ2n) is 9.84. The molecule has 40 heavy (non-hydrogen) atoms. The van der Waals surface area contributed by atoms with Crippen molar-refractivity contribution >= 4 is 34.9 Å². The topological polar surface area (TPSA) is 155 Å². The van der Waals surface area contributed by atoms with Crippen molar-refractivity contribution in [1.29, 1.82) is 0 Å². The highest BCUT2D eigenvalue weighted by molar-refractivity contribution is 6.36. The molecule has 2 aliphatic heterocycles. The maximum Gasteiger partial charge on any atom is 0.258 e. The van der Waals surface area contributed by atoms with Gasteiger partial charge in [0.25, 0.3) is 5.56 Å². The van der Waals surface area contributed by atoms with E-state index in [0.29, 0.717) is 17.0 Å². The Hall–Kier alpha value is -4.51. The zero-order valence-corrected chi connectivity index (χ0v) is 22.8. The van der Waals surface area contributed by atoms with Crippen LogP contribution in [0, 0.1) is 5.92 Å². The molecule has 1 aromatic heterocycles. The Morgan fingerprint density at radius 3 is 2.40 bits per heavy atom. The molecule has 206 valence electrons. The molecule has 11 nitrogen and oxygen atoms in total. The van der Waals surface area contributed by atoms with Gasteiger partial charge in [-0.05, 0) is 24.1 Å². The number of methoxy groups -OCH3 is 3. The van der Waals surface area contributed by atoms with Crippen LogP contribution in [0.1, 0.15) is 40.7 Å². The van der Waals surface area contributed by atoms with E-state index in [1.165, 1.54) is 27.4 Å². The summed E-state index contributed by atoms with van der Waals surface area (Å²) < 4.78 is 22.4. The fourth-order valence-corrected chi connectivity index (χ4v) is 6.16. The highest BCUT2D eigenvalue weighted by Crippen LogP contribution is 2.56. The van der Waals surface area contributed by atoms with Gasteiger partial charge in [-0.1, -0.05) is 30.7 Å². The lowest BCUT2D eigenvalue weighted by Crippen LogP contribution is -2.58. The van der Waals surface area contributed by atoms with Crippen LogP contribution in [0.2, 0.25) is 5.02 Å². The summed E-state index contributed by atoms with van der Waals surface area (Å²) in [6, 6.07) is 8.46. The van der Waals surface area contributed by atoms with Crippen molar-refractivity contribution in [2.75, 3.05) is 32.4 Å². The molecule has 0 radical (unpaired) electrons. The Balaban J connectivity index is 1.57. The molecule has 0 amide bonds. The second-order valence-corrected chi connectivity index (χ2v) is 10.2. The van der Waals surface area contributed by atoms with Crippen LogP contribution in [0.25, 0.3) is 0 Å². The van der Waals surface area contributed by atoms with Gasteiger partial charge in [-0.15, -0.1) is 0 Å². The third-order valence-electron chi connectivity index (χ3n) is 7.80. The zero-order chi connectivity index (χ0) is 28.5. The quantitative estimate of drug-likeness (QED) is 0.401. The summed E-state index contributed by atoms with van der Waals surface area (Å²) in [5.74, 6) is -1.47. The highest BCUT2D eigenvalue weighted by atomic mass is 35.5. The van der Waals surface area contributed by atoms with Gasteiger partial charge in [0.2, 0.25) is 23.1 Å². The molecule has 3 aromatic rings. The number of carbonyl (C=O) groups is 2.